The molecule has 0 spiro atoms. The van der Waals surface area contributed by atoms with Gasteiger partial charge in [0.2, 0.25) is 0 Å². The van der Waals surface area contributed by atoms with Gasteiger partial charge in [-0.3, -0.25) is 10.1 Å². The van der Waals surface area contributed by atoms with Gasteiger partial charge in [0.1, 0.15) is 0 Å². The number of rotatable bonds is 3. The second kappa shape index (κ2) is 4.53. The first-order valence-corrected chi connectivity index (χ1v) is 4.17. The van der Waals surface area contributed by atoms with E-state index in [1.165, 1.54) is 12.1 Å². The summed E-state index contributed by atoms with van der Waals surface area (Å²) in [6.07, 6.45) is 3.22. The molecule has 0 aliphatic carbocycles. The minimum atomic E-state index is -0.435. The molecule has 0 fully saturated rings. The van der Waals surface area contributed by atoms with Gasteiger partial charge in [0.05, 0.1) is 11.5 Å². The Morgan fingerprint density at radius 2 is 2.29 bits per heavy atom. The van der Waals surface area contributed by atoms with Crippen LogP contribution in [-0.4, -0.2) is 16.6 Å². The highest BCUT2D eigenvalue weighted by atomic mass is 16.6. The molecule has 4 nitrogen and oxygen atoms in total. The topological polar surface area (TPSA) is 63.4 Å². The van der Waals surface area contributed by atoms with Crippen LogP contribution in [0.3, 0.4) is 0 Å². The first-order chi connectivity index (χ1) is 6.65. The van der Waals surface area contributed by atoms with Crippen LogP contribution in [0.4, 0.5) is 5.69 Å². The molecule has 0 radical (unpaired) electrons. The number of benzene rings is 1. The average Bonchev–Trinajstić information content (AvgIpc) is 2.16. The molecule has 1 rings (SSSR count). The van der Waals surface area contributed by atoms with Gasteiger partial charge in [0.25, 0.3) is 5.69 Å². The van der Waals surface area contributed by atoms with Gasteiger partial charge in [-0.2, -0.15) is 0 Å². The quantitative estimate of drug-likeness (QED) is 0.589. The number of non-ortho nitro benzene ring substituents is 1. The summed E-state index contributed by atoms with van der Waals surface area (Å²) in [5.74, 6) is 0. The molecule has 0 saturated carbocycles. The molecule has 0 aliphatic rings. The highest BCUT2D eigenvalue weighted by Crippen LogP contribution is 2.18. The fourth-order valence-electron chi connectivity index (χ4n) is 1.10. The van der Waals surface area contributed by atoms with Gasteiger partial charge < -0.3 is 5.11 Å². The summed E-state index contributed by atoms with van der Waals surface area (Å²) in [7, 11) is 0. The van der Waals surface area contributed by atoms with Crippen molar-refractivity contribution in [2.24, 2.45) is 0 Å². The van der Waals surface area contributed by atoms with Gasteiger partial charge in [0, 0.05) is 12.1 Å². The van der Waals surface area contributed by atoms with Crippen molar-refractivity contribution >= 4 is 11.8 Å². The second-order valence-electron chi connectivity index (χ2n) is 2.88. The SMILES string of the molecule is Cc1ccc([N+](=O)[O-])cc1/C=C/CO. The molecule has 0 atom stereocenters. The number of nitrogens with zero attached hydrogens (tertiary/aromatic N) is 1. The number of aryl methyl sites for hydroxylation is 1. The Morgan fingerprint density at radius 3 is 2.86 bits per heavy atom. The molecule has 74 valence electrons. The van der Waals surface area contributed by atoms with Gasteiger partial charge in [-0.25, -0.2) is 0 Å². The summed E-state index contributed by atoms with van der Waals surface area (Å²) in [5, 5.41) is 19.0. The summed E-state index contributed by atoms with van der Waals surface area (Å²) >= 11 is 0. The Balaban J connectivity index is 3.08. The molecule has 0 amide bonds. The summed E-state index contributed by atoms with van der Waals surface area (Å²) in [5.41, 5.74) is 1.77. The molecular weight excluding hydrogens is 182 g/mol. The highest BCUT2D eigenvalue weighted by molar-refractivity contribution is 5.57. The van der Waals surface area contributed by atoms with Crippen LogP contribution in [0.25, 0.3) is 6.08 Å². The lowest BCUT2D eigenvalue weighted by molar-refractivity contribution is -0.384. The van der Waals surface area contributed by atoms with E-state index in [1.807, 2.05) is 6.92 Å². The van der Waals surface area contributed by atoms with Crippen LogP contribution >= 0.6 is 0 Å². The first kappa shape index (κ1) is 10.4. The van der Waals surface area contributed by atoms with Gasteiger partial charge in [0.15, 0.2) is 0 Å². The number of hydrogen-bond acceptors (Lipinski definition) is 3. The number of hydrogen-bond donors (Lipinski definition) is 1. The van der Waals surface area contributed by atoms with Crippen LogP contribution in [0.5, 0.6) is 0 Å². The zero-order valence-electron chi connectivity index (χ0n) is 7.80. The maximum Gasteiger partial charge on any atom is 0.270 e. The normalized spacial score (nSPS) is 10.7. The van der Waals surface area contributed by atoms with E-state index in [-0.39, 0.29) is 12.3 Å². The molecule has 0 saturated heterocycles. The minimum absolute atomic E-state index is 0.0631. The average molecular weight is 193 g/mol. The molecule has 0 heterocycles. The lowest BCUT2D eigenvalue weighted by Crippen LogP contribution is -1.90. The third-order valence-corrected chi connectivity index (χ3v) is 1.88. The van der Waals surface area contributed by atoms with Crippen LogP contribution in [0.15, 0.2) is 24.3 Å². The smallest absolute Gasteiger partial charge is 0.270 e. The van der Waals surface area contributed by atoms with Crippen LogP contribution in [0.1, 0.15) is 11.1 Å². The van der Waals surface area contributed by atoms with Crippen LogP contribution in [0.2, 0.25) is 0 Å². The fraction of sp³-hybridized carbons (Fsp3) is 0.200. The van der Waals surface area contributed by atoms with E-state index in [0.717, 1.165) is 11.1 Å². The Morgan fingerprint density at radius 1 is 1.57 bits per heavy atom. The van der Waals surface area contributed by atoms with E-state index < -0.39 is 4.92 Å². The van der Waals surface area contributed by atoms with Crippen LogP contribution < -0.4 is 0 Å². The van der Waals surface area contributed by atoms with Gasteiger partial charge >= 0.3 is 0 Å². The van der Waals surface area contributed by atoms with E-state index >= 15 is 0 Å². The fourth-order valence-corrected chi connectivity index (χ4v) is 1.10. The molecule has 4 heteroatoms. The van der Waals surface area contributed by atoms with Crippen molar-refractivity contribution < 1.29 is 10.0 Å². The van der Waals surface area contributed by atoms with E-state index in [2.05, 4.69) is 0 Å². The first-order valence-electron chi connectivity index (χ1n) is 4.17. The second-order valence-corrected chi connectivity index (χ2v) is 2.88. The van der Waals surface area contributed by atoms with Crippen LogP contribution in [-0.2, 0) is 0 Å². The lowest BCUT2D eigenvalue weighted by Gasteiger charge is -1.99. The molecule has 0 unspecified atom stereocenters. The summed E-state index contributed by atoms with van der Waals surface area (Å²) in [6.45, 7) is 1.79. The van der Waals surface area contributed by atoms with Crippen molar-refractivity contribution in [3.8, 4) is 0 Å². The third-order valence-electron chi connectivity index (χ3n) is 1.88. The Kier molecular flexibility index (Phi) is 3.36. The summed E-state index contributed by atoms with van der Waals surface area (Å²) < 4.78 is 0. The molecule has 1 aromatic carbocycles. The number of nitro benzene ring substituents is 1. The van der Waals surface area contributed by atoms with Crippen molar-refractivity contribution in [3.63, 3.8) is 0 Å². The summed E-state index contributed by atoms with van der Waals surface area (Å²) in [6, 6.07) is 4.64. The van der Waals surface area contributed by atoms with E-state index in [9.17, 15) is 10.1 Å². The zero-order chi connectivity index (χ0) is 10.6. The predicted octanol–water partition coefficient (Wildman–Crippen LogP) is 1.91. The van der Waals surface area contributed by atoms with E-state index in [4.69, 9.17) is 5.11 Å². The third kappa shape index (κ3) is 2.40. The number of aliphatic hydroxyl groups excluding tert-OH is 1. The molecular formula is C10H11NO3. The molecule has 0 bridgehead atoms. The minimum Gasteiger partial charge on any atom is -0.392 e. The van der Waals surface area contributed by atoms with Gasteiger partial charge in [-0.1, -0.05) is 18.2 Å². The lowest BCUT2D eigenvalue weighted by atomic mass is 10.1. The van der Waals surface area contributed by atoms with Crippen molar-refractivity contribution in [3.05, 3.63) is 45.5 Å². The Hall–Kier alpha value is -1.68. The molecule has 0 aromatic heterocycles. The van der Waals surface area contributed by atoms with Crippen molar-refractivity contribution in [2.45, 2.75) is 6.92 Å². The predicted molar refractivity (Wildman–Crippen MR) is 54.0 cm³/mol. The van der Waals surface area contributed by atoms with Crippen molar-refractivity contribution in [2.75, 3.05) is 6.61 Å². The molecule has 1 N–H and O–H groups in total. The largest absolute Gasteiger partial charge is 0.392 e. The van der Waals surface area contributed by atoms with Crippen molar-refractivity contribution in [1.82, 2.24) is 0 Å². The van der Waals surface area contributed by atoms with E-state index in [0.29, 0.717) is 0 Å². The molecule has 1 aromatic rings. The molecule has 0 aliphatic heterocycles. The standard InChI is InChI=1S/C10H11NO3/c1-8-4-5-10(11(13)14)7-9(8)3-2-6-12/h2-5,7,12H,6H2,1H3/b3-2+. The Labute approximate surface area is 81.6 Å². The van der Waals surface area contributed by atoms with E-state index in [1.54, 1.807) is 18.2 Å². The summed E-state index contributed by atoms with van der Waals surface area (Å²) in [4.78, 5) is 10.0. The number of aliphatic hydroxyl groups is 1. The van der Waals surface area contributed by atoms with Crippen LogP contribution in [0, 0.1) is 17.0 Å². The van der Waals surface area contributed by atoms with Crippen molar-refractivity contribution in [1.29, 1.82) is 0 Å². The Bertz CT molecular complexity index is 372. The maximum atomic E-state index is 10.5. The van der Waals surface area contributed by atoms with Gasteiger partial charge in [-0.15, -0.1) is 0 Å². The van der Waals surface area contributed by atoms with Gasteiger partial charge in [-0.05, 0) is 18.1 Å². The monoisotopic (exact) mass is 193 g/mol. The zero-order valence-corrected chi connectivity index (χ0v) is 7.80. The number of nitro groups is 1. The highest BCUT2D eigenvalue weighted by Gasteiger charge is 2.06. The molecule has 14 heavy (non-hydrogen) atoms. The maximum absolute atomic E-state index is 10.5.